The van der Waals surface area contributed by atoms with Crippen LogP contribution in [0.4, 0.5) is 0 Å². The summed E-state index contributed by atoms with van der Waals surface area (Å²) in [5.41, 5.74) is 16.7. The van der Waals surface area contributed by atoms with Crippen LogP contribution in [0.25, 0.3) is 20.9 Å². The average Bonchev–Trinajstić information content (AvgIpc) is 2.80. The van der Waals surface area contributed by atoms with Crippen LogP contribution in [0.3, 0.4) is 0 Å². The minimum Gasteiger partial charge on any atom is -0.384 e. The van der Waals surface area contributed by atoms with Crippen molar-refractivity contribution in [3.05, 3.63) is 20.9 Å². The Morgan fingerprint density at radius 1 is 0.625 bits per heavy atom. The molecule has 0 spiro atoms. The molecule has 8 nitrogen and oxygen atoms in total. The van der Waals surface area contributed by atoms with Crippen LogP contribution in [-0.4, -0.2) is 40.0 Å². The van der Waals surface area contributed by atoms with Crippen molar-refractivity contribution in [2.45, 2.75) is 110 Å². The van der Waals surface area contributed by atoms with E-state index in [1.165, 1.54) is 96.3 Å². The molecule has 0 fully saturated rings. The lowest BCUT2D eigenvalue weighted by molar-refractivity contribution is 0.000857. The summed E-state index contributed by atoms with van der Waals surface area (Å²) in [6, 6.07) is 0. The van der Waals surface area contributed by atoms with Gasteiger partial charge in [-0.3, -0.25) is 0 Å². The molecule has 0 aromatic heterocycles. The number of methoxy groups -OCH3 is 1. The monoisotopic (exact) mass is 452 g/mol. The Balaban J connectivity index is 3.61. The van der Waals surface area contributed by atoms with Crippen LogP contribution >= 0.6 is 0 Å². The summed E-state index contributed by atoms with van der Waals surface area (Å²) in [5.74, 6) is 0. The number of hydrogen-bond donors (Lipinski definition) is 0. The third-order valence-electron chi connectivity index (χ3n) is 5.94. The fourth-order valence-electron chi connectivity index (χ4n) is 3.98. The molecule has 186 valence electrons. The van der Waals surface area contributed by atoms with Gasteiger partial charge < -0.3 is 9.47 Å². The van der Waals surface area contributed by atoms with Crippen LogP contribution < -0.4 is 0 Å². The van der Waals surface area contributed by atoms with Gasteiger partial charge in [-0.15, -0.1) is 0 Å². The summed E-state index contributed by atoms with van der Waals surface area (Å²) in [6.07, 6.45) is 21.5. The van der Waals surface area contributed by atoms with Gasteiger partial charge in [0.15, 0.2) is 0 Å². The van der Waals surface area contributed by atoms with Gasteiger partial charge in [-0.05, 0) is 17.5 Å². The number of hydrogen-bond acceptors (Lipinski definition) is 4. The quantitative estimate of drug-likeness (QED) is 0.0597. The highest BCUT2D eigenvalue weighted by Gasteiger charge is 2.29. The predicted molar refractivity (Wildman–Crippen MR) is 133 cm³/mol. The Hall–Kier alpha value is -1.46. The molecule has 0 unspecified atom stereocenters. The molecule has 0 bridgehead atoms. The van der Waals surface area contributed by atoms with Crippen LogP contribution in [0.5, 0.6) is 0 Å². The van der Waals surface area contributed by atoms with Crippen molar-refractivity contribution in [1.82, 2.24) is 0 Å². The molecule has 0 rings (SSSR count). The molecule has 0 radical (unpaired) electrons. The molecular formula is C24H48N6O2. The van der Waals surface area contributed by atoms with Gasteiger partial charge in [-0.1, -0.05) is 113 Å². The van der Waals surface area contributed by atoms with Crippen molar-refractivity contribution in [3.8, 4) is 0 Å². The largest absolute Gasteiger partial charge is 0.384 e. The van der Waals surface area contributed by atoms with Crippen LogP contribution in [-0.2, 0) is 9.47 Å². The summed E-state index contributed by atoms with van der Waals surface area (Å²) in [7, 11) is 1.58. The SMILES string of the molecule is CCCCCCCCCCCCCCCCCCOCC(CN=[N+]=[N-])(CN=[N+]=[N-])COC. The van der Waals surface area contributed by atoms with Crippen LogP contribution in [0, 0.1) is 5.41 Å². The molecule has 32 heavy (non-hydrogen) atoms. The molecule has 0 amide bonds. The molecule has 0 aliphatic carbocycles. The summed E-state index contributed by atoms with van der Waals surface area (Å²) >= 11 is 0. The molecule has 0 aliphatic rings. The third kappa shape index (κ3) is 19.2. The van der Waals surface area contributed by atoms with Crippen molar-refractivity contribution in [2.24, 2.45) is 15.6 Å². The van der Waals surface area contributed by atoms with Crippen molar-refractivity contribution >= 4 is 0 Å². The van der Waals surface area contributed by atoms with Crippen LogP contribution in [0.15, 0.2) is 10.2 Å². The highest BCUT2D eigenvalue weighted by molar-refractivity contribution is 4.84. The lowest BCUT2D eigenvalue weighted by atomic mass is 9.90. The van der Waals surface area contributed by atoms with Gasteiger partial charge >= 0.3 is 0 Å². The summed E-state index contributed by atoms with van der Waals surface area (Å²) in [6.45, 7) is 4.00. The second-order valence-electron chi connectivity index (χ2n) is 9.07. The maximum Gasteiger partial charge on any atom is 0.0547 e. The van der Waals surface area contributed by atoms with Crippen molar-refractivity contribution in [2.75, 3.05) is 40.0 Å². The minimum absolute atomic E-state index is 0.190. The van der Waals surface area contributed by atoms with Gasteiger partial charge in [0.2, 0.25) is 0 Å². The Kier molecular flexibility index (Phi) is 23.1. The standard InChI is InChI=1S/C24H48N6O2/c1-3-4-5-6-7-8-9-10-11-12-13-14-15-16-17-18-19-32-23-24(22-31-2,20-27-29-25)21-28-30-26/h3-23H2,1-2H3. The molecule has 0 aromatic rings. The van der Waals surface area contributed by atoms with E-state index in [9.17, 15) is 0 Å². The number of unbranched alkanes of at least 4 members (excludes halogenated alkanes) is 15. The van der Waals surface area contributed by atoms with Crippen molar-refractivity contribution in [1.29, 1.82) is 0 Å². The first-order valence-electron chi connectivity index (χ1n) is 12.8. The molecule has 0 heterocycles. The van der Waals surface area contributed by atoms with Gasteiger partial charge in [0.25, 0.3) is 0 Å². The molecular weight excluding hydrogens is 404 g/mol. The molecule has 0 aromatic carbocycles. The molecule has 8 heteroatoms. The molecule has 0 atom stereocenters. The number of rotatable bonds is 25. The Labute approximate surface area is 196 Å². The van der Waals surface area contributed by atoms with Gasteiger partial charge in [0, 0.05) is 42.0 Å². The maximum atomic E-state index is 8.62. The highest BCUT2D eigenvalue weighted by atomic mass is 16.5. The molecule has 0 aliphatic heterocycles. The van der Waals surface area contributed by atoms with E-state index in [0.29, 0.717) is 19.8 Å². The van der Waals surface area contributed by atoms with E-state index in [1.54, 1.807) is 7.11 Å². The minimum atomic E-state index is -0.595. The fraction of sp³-hybridized carbons (Fsp3) is 1.00. The second-order valence-corrected chi connectivity index (χ2v) is 9.07. The van der Waals surface area contributed by atoms with E-state index in [1.807, 2.05) is 0 Å². The first kappa shape index (κ1) is 30.5. The summed E-state index contributed by atoms with van der Waals surface area (Å²) in [5, 5.41) is 7.30. The Bertz CT molecular complexity index is 485. The van der Waals surface area contributed by atoms with Crippen molar-refractivity contribution < 1.29 is 9.47 Å². The smallest absolute Gasteiger partial charge is 0.0547 e. The van der Waals surface area contributed by atoms with E-state index in [-0.39, 0.29) is 13.1 Å². The van der Waals surface area contributed by atoms with E-state index in [0.717, 1.165) is 6.42 Å². The zero-order valence-corrected chi connectivity index (χ0v) is 20.8. The van der Waals surface area contributed by atoms with Crippen LogP contribution in [0.2, 0.25) is 0 Å². The highest BCUT2D eigenvalue weighted by Crippen LogP contribution is 2.21. The Morgan fingerprint density at radius 3 is 1.41 bits per heavy atom. The third-order valence-corrected chi connectivity index (χ3v) is 5.94. The van der Waals surface area contributed by atoms with Crippen molar-refractivity contribution in [3.63, 3.8) is 0 Å². The van der Waals surface area contributed by atoms with E-state index < -0.39 is 5.41 Å². The zero-order valence-electron chi connectivity index (χ0n) is 20.8. The maximum absolute atomic E-state index is 8.62. The number of nitrogens with zero attached hydrogens (tertiary/aromatic N) is 6. The second kappa shape index (κ2) is 24.2. The number of ether oxygens (including phenoxy) is 2. The lowest BCUT2D eigenvalue weighted by Crippen LogP contribution is -2.38. The topological polar surface area (TPSA) is 116 Å². The fourth-order valence-corrected chi connectivity index (χ4v) is 3.98. The molecule has 0 saturated carbocycles. The first-order chi connectivity index (χ1) is 15.7. The first-order valence-corrected chi connectivity index (χ1v) is 12.8. The van der Waals surface area contributed by atoms with Gasteiger partial charge in [0.05, 0.1) is 13.2 Å². The van der Waals surface area contributed by atoms with Gasteiger partial charge in [-0.25, -0.2) is 0 Å². The van der Waals surface area contributed by atoms with Gasteiger partial charge in [0.1, 0.15) is 0 Å². The lowest BCUT2D eigenvalue weighted by Gasteiger charge is -2.29. The molecule has 0 N–H and O–H groups in total. The number of azide groups is 2. The van der Waals surface area contributed by atoms with E-state index >= 15 is 0 Å². The van der Waals surface area contributed by atoms with Crippen LogP contribution in [0.1, 0.15) is 110 Å². The summed E-state index contributed by atoms with van der Waals surface area (Å²) in [4.78, 5) is 5.64. The molecule has 0 saturated heterocycles. The predicted octanol–water partition coefficient (Wildman–Crippen LogP) is 8.52. The van der Waals surface area contributed by atoms with E-state index in [2.05, 4.69) is 27.0 Å². The average molecular weight is 453 g/mol. The normalized spacial score (nSPS) is 12.7. The Morgan fingerprint density at radius 2 is 1.03 bits per heavy atom. The van der Waals surface area contributed by atoms with Gasteiger partial charge in [-0.2, -0.15) is 0 Å². The van der Waals surface area contributed by atoms with E-state index in [4.69, 9.17) is 20.5 Å². The zero-order chi connectivity index (χ0) is 23.6. The summed E-state index contributed by atoms with van der Waals surface area (Å²) < 4.78 is 11.1.